The molecule has 0 N–H and O–H groups in total. The first-order valence-electron chi connectivity index (χ1n) is 3.01. The van der Waals surface area contributed by atoms with Gasteiger partial charge in [0.1, 0.15) is 0 Å². The molecule has 46 valence electrons. The Morgan fingerprint density at radius 3 is 1.75 bits per heavy atom. The Bertz CT molecular complexity index is 103. The van der Waals surface area contributed by atoms with Gasteiger partial charge in [0.05, 0.1) is 0 Å². The minimum Gasteiger partial charge on any atom is -0.210 e. The molecule has 0 amide bonds. The molecule has 0 aromatic carbocycles. The molecule has 0 saturated heterocycles. The van der Waals surface area contributed by atoms with Crippen molar-refractivity contribution in [3.05, 3.63) is 0 Å². The van der Waals surface area contributed by atoms with Crippen LogP contribution in [0.5, 0.6) is 0 Å². The predicted molar refractivity (Wildman–Crippen MR) is 25.8 cm³/mol. The highest BCUT2D eigenvalue weighted by Crippen LogP contribution is 2.67. The van der Waals surface area contributed by atoms with Crippen molar-refractivity contribution in [1.82, 2.24) is 0 Å². The van der Waals surface area contributed by atoms with Gasteiger partial charge in [0, 0.05) is 5.41 Å². The van der Waals surface area contributed by atoms with Crippen molar-refractivity contribution < 1.29 is 8.78 Å². The third kappa shape index (κ3) is 0.318. The van der Waals surface area contributed by atoms with Gasteiger partial charge in [-0.05, 0) is 25.2 Å². The largest absolute Gasteiger partial charge is 0.244 e. The van der Waals surface area contributed by atoms with Gasteiger partial charge in [-0.3, -0.25) is 0 Å². The molecule has 2 heteroatoms. The molecule has 0 atom stereocenters. The molecule has 3 aliphatic carbocycles. The number of hydrogen-bond donors (Lipinski definition) is 0. The molecule has 0 heterocycles. The Morgan fingerprint density at radius 1 is 1.25 bits per heavy atom. The van der Waals surface area contributed by atoms with Crippen molar-refractivity contribution >= 4 is 0 Å². The van der Waals surface area contributed by atoms with Crippen LogP contribution >= 0.6 is 0 Å². The van der Waals surface area contributed by atoms with Crippen molar-refractivity contribution in [2.45, 2.75) is 25.7 Å². The SMILES string of the molecule is FC(F)C12CC(C1)C2. The molecule has 0 nitrogen and oxygen atoms in total. The fraction of sp³-hybridized carbons (Fsp3) is 1.00. The van der Waals surface area contributed by atoms with Gasteiger partial charge in [-0.15, -0.1) is 0 Å². The Morgan fingerprint density at radius 2 is 1.75 bits per heavy atom. The lowest BCUT2D eigenvalue weighted by Crippen LogP contribution is -2.56. The van der Waals surface area contributed by atoms with E-state index >= 15 is 0 Å². The smallest absolute Gasteiger partial charge is 0.210 e. The molecule has 8 heavy (non-hydrogen) atoms. The number of halogens is 2. The maximum absolute atomic E-state index is 11.9. The second-order valence-electron chi connectivity index (χ2n) is 3.14. The van der Waals surface area contributed by atoms with Gasteiger partial charge in [-0.1, -0.05) is 0 Å². The summed E-state index contributed by atoms with van der Waals surface area (Å²) in [7, 11) is 0. The Hall–Kier alpha value is -0.140. The average Bonchev–Trinajstić information content (AvgIpc) is 1.16. The fourth-order valence-electron chi connectivity index (χ4n) is 1.81. The summed E-state index contributed by atoms with van der Waals surface area (Å²) in [5, 5.41) is 0. The fourth-order valence-corrected chi connectivity index (χ4v) is 1.81. The van der Waals surface area contributed by atoms with Crippen LogP contribution in [-0.4, -0.2) is 6.43 Å². The predicted octanol–water partition coefficient (Wildman–Crippen LogP) is 2.05. The van der Waals surface area contributed by atoms with Gasteiger partial charge in [-0.25, -0.2) is 8.78 Å². The molecule has 0 unspecified atom stereocenters. The van der Waals surface area contributed by atoms with Crippen LogP contribution in [0.25, 0.3) is 0 Å². The van der Waals surface area contributed by atoms with E-state index in [1.165, 1.54) is 0 Å². The van der Waals surface area contributed by atoms with E-state index in [1.54, 1.807) is 0 Å². The van der Waals surface area contributed by atoms with E-state index in [9.17, 15) is 8.78 Å². The Labute approximate surface area is 46.9 Å². The van der Waals surface area contributed by atoms with Crippen molar-refractivity contribution in [3.8, 4) is 0 Å². The van der Waals surface area contributed by atoms with Crippen molar-refractivity contribution in [1.29, 1.82) is 0 Å². The Balaban J connectivity index is 2.04. The highest BCUT2D eigenvalue weighted by Gasteiger charge is 2.61. The molecular formula is C6H8F2. The number of hydrogen-bond acceptors (Lipinski definition) is 0. The normalized spacial score (nSPS) is 50.6. The van der Waals surface area contributed by atoms with Crippen LogP contribution in [-0.2, 0) is 0 Å². The van der Waals surface area contributed by atoms with Crippen LogP contribution in [0.4, 0.5) is 8.78 Å². The second-order valence-corrected chi connectivity index (χ2v) is 3.14. The van der Waals surface area contributed by atoms with Crippen LogP contribution in [0.2, 0.25) is 0 Å². The lowest BCUT2D eigenvalue weighted by atomic mass is 9.44. The van der Waals surface area contributed by atoms with E-state index in [0.29, 0.717) is 5.92 Å². The summed E-state index contributed by atoms with van der Waals surface area (Å²) in [5.74, 6) is 0.684. The van der Waals surface area contributed by atoms with Crippen molar-refractivity contribution in [2.75, 3.05) is 0 Å². The molecule has 0 spiro atoms. The first-order valence-corrected chi connectivity index (χ1v) is 3.01. The van der Waals surface area contributed by atoms with Crippen LogP contribution < -0.4 is 0 Å². The van der Waals surface area contributed by atoms with Gasteiger partial charge in [-0.2, -0.15) is 0 Å². The monoisotopic (exact) mass is 118 g/mol. The highest BCUT2D eigenvalue weighted by molar-refractivity contribution is 5.07. The molecular weight excluding hydrogens is 110 g/mol. The summed E-state index contributed by atoms with van der Waals surface area (Å²) in [4.78, 5) is 0. The van der Waals surface area contributed by atoms with Gasteiger partial charge in [0.2, 0.25) is 6.43 Å². The molecule has 0 aliphatic heterocycles. The maximum atomic E-state index is 11.9. The minimum absolute atomic E-state index is 0.468. The van der Waals surface area contributed by atoms with Gasteiger partial charge < -0.3 is 0 Å². The zero-order chi connectivity index (χ0) is 5.78. The highest BCUT2D eigenvalue weighted by atomic mass is 19.3. The summed E-state index contributed by atoms with van der Waals surface area (Å²) in [5.41, 5.74) is -0.468. The van der Waals surface area contributed by atoms with E-state index in [1.807, 2.05) is 0 Å². The van der Waals surface area contributed by atoms with Gasteiger partial charge in [0.15, 0.2) is 0 Å². The Kier molecular flexibility index (Phi) is 0.628. The molecule has 0 aromatic rings. The number of rotatable bonds is 1. The van der Waals surface area contributed by atoms with E-state index in [2.05, 4.69) is 0 Å². The maximum Gasteiger partial charge on any atom is 0.244 e. The quantitative estimate of drug-likeness (QED) is 0.494. The van der Waals surface area contributed by atoms with Crippen molar-refractivity contribution in [3.63, 3.8) is 0 Å². The zero-order valence-corrected chi connectivity index (χ0v) is 4.53. The van der Waals surface area contributed by atoms with Gasteiger partial charge in [0.25, 0.3) is 0 Å². The summed E-state index contributed by atoms with van der Waals surface area (Å²) >= 11 is 0. The summed E-state index contributed by atoms with van der Waals surface area (Å²) in [6.45, 7) is 0. The molecule has 0 aromatic heterocycles. The van der Waals surface area contributed by atoms with Crippen LogP contribution in [0.1, 0.15) is 19.3 Å². The lowest BCUT2D eigenvalue weighted by Gasteiger charge is -2.61. The molecule has 3 fully saturated rings. The van der Waals surface area contributed by atoms with E-state index < -0.39 is 11.8 Å². The van der Waals surface area contributed by atoms with E-state index in [0.717, 1.165) is 19.3 Å². The molecule has 3 saturated carbocycles. The van der Waals surface area contributed by atoms with E-state index in [-0.39, 0.29) is 0 Å². The minimum atomic E-state index is -2.03. The molecule has 2 bridgehead atoms. The van der Waals surface area contributed by atoms with Crippen molar-refractivity contribution in [2.24, 2.45) is 11.3 Å². The van der Waals surface area contributed by atoms with Crippen LogP contribution in [0.3, 0.4) is 0 Å². The number of alkyl halides is 2. The third-order valence-electron chi connectivity index (χ3n) is 2.55. The summed E-state index contributed by atoms with van der Waals surface area (Å²) < 4.78 is 23.8. The first-order chi connectivity index (χ1) is 3.73. The second kappa shape index (κ2) is 1.07. The molecule has 3 aliphatic rings. The third-order valence-corrected chi connectivity index (χ3v) is 2.55. The van der Waals surface area contributed by atoms with E-state index in [4.69, 9.17) is 0 Å². The zero-order valence-electron chi connectivity index (χ0n) is 4.53. The first kappa shape index (κ1) is 4.71. The van der Waals surface area contributed by atoms with Crippen LogP contribution in [0, 0.1) is 11.3 Å². The average molecular weight is 118 g/mol. The topological polar surface area (TPSA) is 0 Å². The standard InChI is InChI=1S/C6H8F2/c7-5(8)6-1-4(2-6)3-6/h4-5H,1-3H2. The van der Waals surface area contributed by atoms with Gasteiger partial charge >= 0.3 is 0 Å². The molecule has 3 rings (SSSR count). The summed E-state index contributed by atoms with van der Waals surface area (Å²) in [6.07, 6.45) is 0.396. The summed E-state index contributed by atoms with van der Waals surface area (Å²) in [6, 6.07) is 0. The van der Waals surface area contributed by atoms with Crippen LogP contribution in [0.15, 0.2) is 0 Å². The molecule has 0 radical (unpaired) electrons. The lowest BCUT2D eigenvalue weighted by molar-refractivity contribution is -0.198.